The zero-order chi connectivity index (χ0) is 16.4. The maximum absolute atomic E-state index is 11.2. The van der Waals surface area contributed by atoms with Crippen LogP contribution in [0.5, 0.6) is 0 Å². The Morgan fingerprint density at radius 1 is 1.04 bits per heavy atom. The molecule has 3 fully saturated rings. The van der Waals surface area contributed by atoms with Gasteiger partial charge in [-0.25, -0.2) is 0 Å². The van der Waals surface area contributed by atoms with Crippen LogP contribution in [0.25, 0.3) is 0 Å². The molecule has 0 amide bonds. The van der Waals surface area contributed by atoms with Gasteiger partial charge in [0.25, 0.3) is 0 Å². The largest absolute Gasteiger partial charge is 0.390 e. The van der Waals surface area contributed by atoms with Gasteiger partial charge in [-0.15, -0.1) is 0 Å². The van der Waals surface area contributed by atoms with Gasteiger partial charge in [0, 0.05) is 25.0 Å². The molecule has 4 heteroatoms. The van der Waals surface area contributed by atoms with Gasteiger partial charge in [0.2, 0.25) is 0 Å². The van der Waals surface area contributed by atoms with Crippen molar-refractivity contribution >= 4 is 0 Å². The summed E-state index contributed by atoms with van der Waals surface area (Å²) in [5.74, 6) is 0. The first-order chi connectivity index (χ1) is 11.7. The molecule has 0 saturated carbocycles. The van der Waals surface area contributed by atoms with Crippen LogP contribution in [0, 0.1) is 0 Å². The summed E-state index contributed by atoms with van der Waals surface area (Å²) < 4.78 is 11.1. The maximum atomic E-state index is 11.2. The third-order valence-electron chi connectivity index (χ3n) is 5.99. The molecule has 24 heavy (non-hydrogen) atoms. The van der Waals surface area contributed by atoms with Crippen LogP contribution in [0.3, 0.4) is 0 Å². The highest BCUT2D eigenvalue weighted by molar-refractivity contribution is 5.15. The van der Waals surface area contributed by atoms with Gasteiger partial charge in [0.1, 0.15) is 0 Å². The fourth-order valence-corrected chi connectivity index (χ4v) is 4.84. The Labute approximate surface area is 144 Å². The van der Waals surface area contributed by atoms with Gasteiger partial charge in [-0.05, 0) is 37.7 Å². The third-order valence-corrected chi connectivity index (χ3v) is 5.99. The number of rotatable bonds is 5. The Morgan fingerprint density at radius 3 is 2.38 bits per heavy atom. The van der Waals surface area contributed by atoms with Crippen molar-refractivity contribution in [2.24, 2.45) is 0 Å². The average Bonchev–Trinajstić information content (AvgIpc) is 3.09. The van der Waals surface area contributed by atoms with Crippen LogP contribution in [0.4, 0.5) is 0 Å². The van der Waals surface area contributed by atoms with E-state index < -0.39 is 5.60 Å². The van der Waals surface area contributed by atoms with Crippen molar-refractivity contribution in [3.63, 3.8) is 0 Å². The molecule has 2 bridgehead atoms. The zero-order valence-corrected chi connectivity index (χ0v) is 14.4. The first kappa shape index (κ1) is 16.5. The lowest BCUT2D eigenvalue weighted by molar-refractivity contribution is -0.116. The molecule has 1 aromatic rings. The van der Waals surface area contributed by atoms with Crippen LogP contribution in [0.15, 0.2) is 30.3 Å². The summed E-state index contributed by atoms with van der Waals surface area (Å²) >= 11 is 0. The van der Waals surface area contributed by atoms with Gasteiger partial charge in [-0.3, -0.25) is 4.90 Å². The minimum Gasteiger partial charge on any atom is -0.390 e. The van der Waals surface area contributed by atoms with Gasteiger partial charge >= 0.3 is 0 Å². The van der Waals surface area contributed by atoms with Crippen LogP contribution >= 0.6 is 0 Å². The Morgan fingerprint density at radius 2 is 1.71 bits per heavy atom. The van der Waals surface area contributed by atoms with E-state index in [0.717, 1.165) is 32.2 Å². The van der Waals surface area contributed by atoms with E-state index in [4.69, 9.17) is 9.47 Å². The molecule has 132 valence electrons. The molecular weight excluding hydrogens is 302 g/mol. The first-order valence-electron chi connectivity index (χ1n) is 9.47. The van der Waals surface area contributed by atoms with E-state index in [1.165, 1.54) is 24.8 Å². The maximum Gasteiger partial charge on any atom is 0.157 e. The van der Waals surface area contributed by atoms with E-state index in [-0.39, 0.29) is 6.29 Å². The first-order valence-corrected chi connectivity index (χ1v) is 9.47. The van der Waals surface area contributed by atoms with Gasteiger partial charge in [-0.1, -0.05) is 36.8 Å². The van der Waals surface area contributed by atoms with E-state index in [1.54, 1.807) is 0 Å². The zero-order valence-electron chi connectivity index (χ0n) is 14.4. The Hall–Kier alpha value is -0.940. The van der Waals surface area contributed by atoms with Crippen molar-refractivity contribution in [1.29, 1.82) is 0 Å². The minimum atomic E-state index is -0.543. The number of hydrogen-bond donors (Lipinski definition) is 1. The predicted molar refractivity (Wildman–Crippen MR) is 92.5 cm³/mol. The summed E-state index contributed by atoms with van der Waals surface area (Å²) in [5, 5.41) is 11.2. The van der Waals surface area contributed by atoms with Gasteiger partial charge in [-0.2, -0.15) is 0 Å². The molecule has 2 unspecified atom stereocenters. The Bertz CT molecular complexity index is 515. The molecule has 3 aliphatic heterocycles. The quantitative estimate of drug-likeness (QED) is 0.900. The summed E-state index contributed by atoms with van der Waals surface area (Å²) in [6.45, 7) is 2.40. The lowest BCUT2D eigenvalue weighted by Gasteiger charge is -2.52. The molecule has 3 saturated heterocycles. The van der Waals surface area contributed by atoms with Crippen LogP contribution in [-0.2, 0) is 16.0 Å². The number of ether oxygens (including phenoxy) is 2. The fraction of sp³-hybridized carbons (Fsp3) is 0.700. The highest BCUT2D eigenvalue weighted by Crippen LogP contribution is 2.42. The fourth-order valence-electron chi connectivity index (χ4n) is 4.84. The lowest BCUT2D eigenvalue weighted by Crippen LogP contribution is -2.57. The van der Waals surface area contributed by atoms with Crippen LogP contribution in [0.2, 0.25) is 0 Å². The molecule has 3 heterocycles. The van der Waals surface area contributed by atoms with Gasteiger partial charge in [0.15, 0.2) is 6.29 Å². The topological polar surface area (TPSA) is 41.9 Å². The van der Waals surface area contributed by atoms with Crippen molar-refractivity contribution in [2.75, 3.05) is 13.2 Å². The molecule has 0 aliphatic carbocycles. The molecular formula is C20H29NO3. The standard InChI is InChI=1S/C20H29NO3/c22-20(10-9-19-23-11-12-24-19)13-17-7-4-8-18(14-20)21(17)15-16-5-2-1-3-6-16/h1-3,5-6,17-19,22H,4,7-15H2. The summed E-state index contributed by atoms with van der Waals surface area (Å²) in [6.07, 6.45) is 7.01. The molecule has 1 N–H and O–H groups in total. The van der Waals surface area contributed by atoms with E-state index in [2.05, 4.69) is 35.2 Å². The number of benzene rings is 1. The van der Waals surface area contributed by atoms with Crippen LogP contribution in [0.1, 0.15) is 50.5 Å². The SMILES string of the molecule is OC1(CCC2OCCO2)CC2CCCC(C1)N2Cc1ccccc1. The van der Waals surface area contributed by atoms with Crippen LogP contribution < -0.4 is 0 Å². The number of nitrogens with zero attached hydrogens (tertiary/aromatic N) is 1. The number of piperidine rings is 2. The van der Waals surface area contributed by atoms with E-state index in [0.29, 0.717) is 25.3 Å². The van der Waals surface area contributed by atoms with Crippen molar-refractivity contribution in [3.05, 3.63) is 35.9 Å². The molecule has 0 radical (unpaired) electrons. The van der Waals surface area contributed by atoms with Gasteiger partial charge in [0.05, 0.1) is 18.8 Å². The second-order valence-electron chi connectivity index (χ2n) is 7.74. The number of fused-ring (bicyclic) bond motifs is 2. The monoisotopic (exact) mass is 331 g/mol. The van der Waals surface area contributed by atoms with Gasteiger partial charge < -0.3 is 14.6 Å². The summed E-state index contributed by atoms with van der Waals surface area (Å²) in [5.41, 5.74) is 0.839. The Balaban J connectivity index is 1.40. The summed E-state index contributed by atoms with van der Waals surface area (Å²) in [7, 11) is 0. The molecule has 0 aromatic heterocycles. The third kappa shape index (κ3) is 3.67. The number of aliphatic hydroxyl groups is 1. The van der Waals surface area contributed by atoms with Crippen molar-refractivity contribution < 1.29 is 14.6 Å². The molecule has 4 rings (SSSR count). The smallest absolute Gasteiger partial charge is 0.157 e. The second kappa shape index (κ2) is 7.12. The lowest BCUT2D eigenvalue weighted by atomic mass is 9.73. The van der Waals surface area contributed by atoms with Crippen molar-refractivity contribution in [2.45, 2.75) is 75.5 Å². The Kier molecular flexibility index (Phi) is 4.90. The average molecular weight is 331 g/mol. The second-order valence-corrected chi connectivity index (χ2v) is 7.74. The molecule has 2 atom stereocenters. The van der Waals surface area contributed by atoms with Crippen molar-refractivity contribution in [1.82, 2.24) is 4.90 Å². The molecule has 1 aromatic carbocycles. The molecule has 4 nitrogen and oxygen atoms in total. The normalized spacial score (nSPS) is 34.5. The van der Waals surface area contributed by atoms with E-state index >= 15 is 0 Å². The number of hydrogen-bond acceptors (Lipinski definition) is 4. The van der Waals surface area contributed by atoms with Crippen LogP contribution in [-0.4, -0.2) is 47.2 Å². The highest BCUT2D eigenvalue weighted by atomic mass is 16.7. The van der Waals surface area contributed by atoms with E-state index in [9.17, 15) is 5.11 Å². The van der Waals surface area contributed by atoms with Crippen molar-refractivity contribution in [3.8, 4) is 0 Å². The summed E-state index contributed by atoms with van der Waals surface area (Å²) in [6, 6.07) is 11.8. The summed E-state index contributed by atoms with van der Waals surface area (Å²) in [4.78, 5) is 2.65. The minimum absolute atomic E-state index is 0.101. The predicted octanol–water partition coefficient (Wildman–Crippen LogP) is 3.09. The molecule has 0 spiro atoms. The molecule has 3 aliphatic rings. The highest BCUT2D eigenvalue weighted by Gasteiger charge is 2.45. The van der Waals surface area contributed by atoms with E-state index in [1.807, 2.05) is 0 Å².